The molecule has 0 aliphatic heterocycles. The Morgan fingerprint density at radius 2 is 1.71 bits per heavy atom. The molecule has 0 heterocycles. The van der Waals surface area contributed by atoms with Crippen molar-refractivity contribution >= 4 is 51.7 Å². The lowest BCUT2D eigenvalue weighted by atomic mass is 10.1. The van der Waals surface area contributed by atoms with Gasteiger partial charge in [0, 0.05) is 14.3 Å². The molecule has 0 bridgehead atoms. The number of amides is 2. The van der Waals surface area contributed by atoms with E-state index in [2.05, 4.69) is 33.2 Å². The maximum absolute atomic E-state index is 12.2. The first kappa shape index (κ1) is 18.7. The largest absolute Gasteiger partial charge is 0.343 e. The third-order valence-electron chi connectivity index (χ3n) is 3.52. The number of hydrogen-bond donors (Lipinski definition) is 2. The fraction of sp³-hybridized carbons (Fsp3) is 0.222. The number of benzene rings is 2. The van der Waals surface area contributed by atoms with Gasteiger partial charge >= 0.3 is 0 Å². The van der Waals surface area contributed by atoms with E-state index in [9.17, 15) is 9.59 Å². The van der Waals surface area contributed by atoms with E-state index in [1.54, 1.807) is 18.2 Å². The Kier molecular flexibility index (Phi) is 6.23. The van der Waals surface area contributed by atoms with Crippen molar-refractivity contribution in [2.24, 2.45) is 0 Å². The Balaban J connectivity index is 2.01. The van der Waals surface area contributed by atoms with Crippen LogP contribution in [0.5, 0.6) is 0 Å². The molecule has 0 aliphatic carbocycles. The smallest absolute Gasteiger partial charge is 0.252 e. The van der Waals surface area contributed by atoms with E-state index in [0.29, 0.717) is 10.6 Å². The molecule has 0 spiro atoms. The van der Waals surface area contributed by atoms with Gasteiger partial charge in [-0.15, -0.1) is 0 Å². The van der Waals surface area contributed by atoms with Crippen molar-refractivity contribution in [1.29, 1.82) is 0 Å². The standard InChI is InChI=1S/C18H18ClIN2O2/c1-10-6-11(2)17(12(3)7-10)22-16(23)9-21-18(24)14-8-13(19)4-5-15(14)20/h4-8H,9H2,1-3H3,(H,21,24)(H,22,23). The zero-order valence-electron chi connectivity index (χ0n) is 13.7. The summed E-state index contributed by atoms with van der Waals surface area (Å²) in [6.45, 7) is 5.80. The van der Waals surface area contributed by atoms with Gasteiger partial charge in [-0.2, -0.15) is 0 Å². The summed E-state index contributed by atoms with van der Waals surface area (Å²) in [5, 5.41) is 5.96. The molecule has 0 unspecified atom stereocenters. The zero-order chi connectivity index (χ0) is 17.9. The van der Waals surface area contributed by atoms with Crippen molar-refractivity contribution in [2.75, 3.05) is 11.9 Å². The van der Waals surface area contributed by atoms with E-state index in [1.165, 1.54) is 0 Å². The second-order valence-corrected chi connectivity index (χ2v) is 7.23. The molecule has 24 heavy (non-hydrogen) atoms. The normalized spacial score (nSPS) is 10.4. The molecular weight excluding hydrogens is 439 g/mol. The molecule has 0 atom stereocenters. The fourth-order valence-electron chi connectivity index (χ4n) is 2.49. The van der Waals surface area contributed by atoms with Crippen molar-refractivity contribution in [3.63, 3.8) is 0 Å². The molecule has 4 nitrogen and oxygen atoms in total. The lowest BCUT2D eigenvalue weighted by Gasteiger charge is -2.13. The van der Waals surface area contributed by atoms with Crippen LogP contribution in [0.15, 0.2) is 30.3 Å². The van der Waals surface area contributed by atoms with E-state index in [4.69, 9.17) is 11.6 Å². The van der Waals surface area contributed by atoms with Gasteiger partial charge in [0.25, 0.3) is 5.91 Å². The molecule has 0 fully saturated rings. The summed E-state index contributed by atoms with van der Waals surface area (Å²) in [6.07, 6.45) is 0. The van der Waals surface area contributed by atoms with Crippen LogP contribution in [0.2, 0.25) is 5.02 Å². The molecule has 0 aliphatic rings. The van der Waals surface area contributed by atoms with Gasteiger partial charge in [-0.25, -0.2) is 0 Å². The first-order chi connectivity index (χ1) is 11.3. The van der Waals surface area contributed by atoms with Crippen LogP contribution >= 0.6 is 34.2 Å². The van der Waals surface area contributed by atoms with Crippen LogP contribution in [-0.2, 0) is 4.79 Å². The monoisotopic (exact) mass is 456 g/mol. The van der Waals surface area contributed by atoms with Gasteiger partial charge in [-0.05, 0) is 72.7 Å². The molecule has 0 saturated carbocycles. The Hall–Kier alpha value is -1.60. The second-order valence-electron chi connectivity index (χ2n) is 5.63. The number of nitrogens with one attached hydrogen (secondary N) is 2. The van der Waals surface area contributed by atoms with Crippen LogP contribution in [0, 0.1) is 24.3 Å². The lowest BCUT2D eigenvalue weighted by Crippen LogP contribution is -2.33. The lowest BCUT2D eigenvalue weighted by molar-refractivity contribution is -0.115. The van der Waals surface area contributed by atoms with Crippen molar-refractivity contribution < 1.29 is 9.59 Å². The van der Waals surface area contributed by atoms with Crippen molar-refractivity contribution in [3.8, 4) is 0 Å². The van der Waals surface area contributed by atoms with Crippen LogP contribution in [0.1, 0.15) is 27.0 Å². The number of halogens is 2. The Morgan fingerprint density at radius 3 is 2.33 bits per heavy atom. The first-order valence-corrected chi connectivity index (χ1v) is 8.84. The van der Waals surface area contributed by atoms with E-state index >= 15 is 0 Å². The molecule has 2 aromatic rings. The van der Waals surface area contributed by atoms with E-state index in [1.807, 2.05) is 32.9 Å². The minimum Gasteiger partial charge on any atom is -0.343 e. The number of carbonyl (C=O) groups is 2. The number of aryl methyl sites for hydroxylation is 3. The van der Waals surface area contributed by atoms with Crippen LogP contribution in [0.25, 0.3) is 0 Å². The summed E-state index contributed by atoms with van der Waals surface area (Å²) >= 11 is 7.98. The molecule has 2 N–H and O–H groups in total. The van der Waals surface area contributed by atoms with Crippen LogP contribution in [-0.4, -0.2) is 18.4 Å². The number of rotatable bonds is 4. The highest BCUT2D eigenvalue weighted by molar-refractivity contribution is 14.1. The predicted octanol–water partition coefficient (Wildman–Crippen LogP) is 4.24. The molecule has 2 amide bonds. The maximum Gasteiger partial charge on any atom is 0.252 e. The van der Waals surface area contributed by atoms with Gasteiger partial charge in [0.15, 0.2) is 0 Å². The SMILES string of the molecule is Cc1cc(C)c(NC(=O)CNC(=O)c2cc(Cl)ccc2I)c(C)c1. The number of hydrogen-bond acceptors (Lipinski definition) is 2. The fourth-order valence-corrected chi connectivity index (χ4v) is 3.24. The summed E-state index contributed by atoms with van der Waals surface area (Å²) in [5.41, 5.74) is 4.38. The average Bonchev–Trinajstić information content (AvgIpc) is 2.50. The number of carbonyl (C=O) groups excluding carboxylic acids is 2. The minimum absolute atomic E-state index is 0.103. The topological polar surface area (TPSA) is 58.2 Å². The van der Waals surface area contributed by atoms with Gasteiger partial charge in [0.1, 0.15) is 0 Å². The zero-order valence-corrected chi connectivity index (χ0v) is 16.6. The van der Waals surface area contributed by atoms with Crippen molar-refractivity contribution in [3.05, 3.63) is 61.2 Å². The second kappa shape index (κ2) is 7.98. The summed E-state index contributed by atoms with van der Waals surface area (Å²) < 4.78 is 0.778. The minimum atomic E-state index is -0.325. The third kappa shape index (κ3) is 4.70. The molecule has 0 aromatic heterocycles. The summed E-state index contributed by atoms with van der Waals surface area (Å²) in [5.74, 6) is -0.593. The highest BCUT2D eigenvalue weighted by Gasteiger charge is 2.13. The average molecular weight is 457 g/mol. The molecule has 0 radical (unpaired) electrons. The van der Waals surface area contributed by atoms with Crippen molar-refractivity contribution in [2.45, 2.75) is 20.8 Å². The highest BCUT2D eigenvalue weighted by Crippen LogP contribution is 2.22. The van der Waals surface area contributed by atoms with Gasteiger partial charge in [-0.3, -0.25) is 9.59 Å². The highest BCUT2D eigenvalue weighted by atomic mass is 127. The molecule has 2 aromatic carbocycles. The quantitative estimate of drug-likeness (QED) is 0.676. The van der Waals surface area contributed by atoms with Gasteiger partial charge in [0.05, 0.1) is 12.1 Å². The molecule has 0 saturated heterocycles. The van der Waals surface area contributed by atoms with Crippen LogP contribution < -0.4 is 10.6 Å². The van der Waals surface area contributed by atoms with Gasteiger partial charge in [-0.1, -0.05) is 29.3 Å². The predicted molar refractivity (Wildman–Crippen MR) is 106 cm³/mol. The van der Waals surface area contributed by atoms with E-state index in [0.717, 1.165) is 25.9 Å². The maximum atomic E-state index is 12.2. The van der Waals surface area contributed by atoms with Crippen molar-refractivity contribution in [1.82, 2.24) is 5.32 Å². The summed E-state index contributed by atoms with van der Waals surface area (Å²) in [6, 6.07) is 9.09. The Labute approximate surface area is 160 Å². The van der Waals surface area contributed by atoms with Crippen LogP contribution in [0.3, 0.4) is 0 Å². The number of anilines is 1. The third-order valence-corrected chi connectivity index (χ3v) is 4.70. The Morgan fingerprint density at radius 1 is 1.08 bits per heavy atom. The van der Waals surface area contributed by atoms with E-state index in [-0.39, 0.29) is 18.4 Å². The van der Waals surface area contributed by atoms with Crippen LogP contribution in [0.4, 0.5) is 5.69 Å². The molecule has 2 rings (SSSR count). The molecular formula is C18H18ClIN2O2. The molecule has 126 valence electrons. The Bertz CT molecular complexity index is 783. The summed E-state index contributed by atoms with van der Waals surface area (Å²) in [4.78, 5) is 24.3. The van der Waals surface area contributed by atoms with Gasteiger partial charge < -0.3 is 10.6 Å². The summed E-state index contributed by atoms with van der Waals surface area (Å²) in [7, 11) is 0. The van der Waals surface area contributed by atoms with Gasteiger partial charge in [0.2, 0.25) is 5.91 Å². The van der Waals surface area contributed by atoms with E-state index < -0.39 is 0 Å². The first-order valence-electron chi connectivity index (χ1n) is 7.39. The molecule has 6 heteroatoms.